The Kier molecular flexibility index (Phi) is 2.80. The second-order valence-corrected chi connectivity index (χ2v) is 4.47. The first-order chi connectivity index (χ1) is 9.27. The predicted octanol–water partition coefficient (Wildman–Crippen LogP) is 3.58. The van der Waals surface area contributed by atoms with Gasteiger partial charge in [0, 0.05) is 24.3 Å². The average Bonchev–Trinajstić information content (AvgIpc) is 2.48. The summed E-state index contributed by atoms with van der Waals surface area (Å²) >= 11 is 0. The van der Waals surface area contributed by atoms with Crippen LogP contribution < -0.4 is 10.6 Å². The molecule has 1 heterocycles. The number of fused-ring (bicyclic) bond motifs is 1. The maximum absolute atomic E-state index is 5.98. The number of pyridine rings is 1. The topological polar surface area (TPSA) is 42.1 Å². The summed E-state index contributed by atoms with van der Waals surface area (Å²) in [5.74, 6) is 0. The molecule has 3 heteroatoms. The molecular weight excluding hydrogens is 234 g/mol. The van der Waals surface area contributed by atoms with Crippen molar-refractivity contribution in [1.82, 2.24) is 4.98 Å². The maximum Gasteiger partial charge on any atom is 0.0952 e. The predicted molar refractivity (Wildman–Crippen MR) is 80.7 cm³/mol. The van der Waals surface area contributed by atoms with Gasteiger partial charge in [-0.15, -0.1) is 0 Å². The van der Waals surface area contributed by atoms with E-state index in [0.29, 0.717) is 5.69 Å². The van der Waals surface area contributed by atoms with Gasteiger partial charge in [-0.3, -0.25) is 4.98 Å². The molecule has 94 valence electrons. The smallest absolute Gasteiger partial charge is 0.0952 e. The van der Waals surface area contributed by atoms with Crippen molar-refractivity contribution in [2.45, 2.75) is 0 Å². The second kappa shape index (κ2) is 4.61. The fraction of sp³-hybridized carbons (Fsp3) is 0.0625. The summed E-state index contributed by atoms with van der Waals surface area (Å²) < 4.78 is 0. The number of aromatic nitrogens is 1. The lowest BCUT2D eigenvalue weighted by Gasteiger charge is -2.21. The van der Waals surface area contributed by atoms with Gasteiger partial charge in [0.2, 0.25) is 0 Å². The molecule has 0 spiro atoms. The molecule has 0 fully saturated rings. The summed E-state index contributed by atoms with van der Waals surface area (Å²) in [6.45, 7) is 0. The van der Waals surface area contributed by atoms with Gasteiger partial charge in [-0.25, -0.2) is 0 Å². The van der Waals surface area contributed by atoms with Crippen molar-refractivity contribution < 1.29 is 0 Å². The van der Waals surface area contributed by atoms with E-state index in [1.807, 2.05) is 49.5 Å². The highest BCUT2D eigenvalue weighted by atomic mass is 15.1. The number of hydrogen-bond donors (Lipinski definition) is 1. The van der Waals surface area contributed by atoms with Gasteiger partial charge in [0.1, 0.15) is 0 Å². The molecule has 0 saturated heterocycles. The summed E-state index contributed by atoms with van der Waals surface area (Å²) in [5.41, 5.74) is 9.78. The van der Waals surface area contributed by atoms with E-state index in [1.165, 1.54) is 0 Å². The Morgan fingerprint density at radius 1 is 0.947 bits per heavy atom. The summed E-state index contributed by atoms with van der Waals surface area (Å²) in [5, 5.41) is 1.06. The van der Waals surface area contributed by atoms with E-state index in [0.717, 1.165) is 22.3 Å². The molecule has 3 rings (SSSR count). The molecule has 0 atom stereocenters. The van der Waals surface area contributed by atoms with Crippen LogP contribution >= 0.6 is 0 Å². The fourth-order valence-electron chi connectivity index (χ4n) is 2.26. The van der Waals surface area contributed by atoms with Crippen molar-refractivity contribution in [3.8, 4) is 0 Å². The number of nitrogens with two attached hydrogens (primary N) is 1. The van der Waals surface area contributed by atoms with Crippen molar-refractivity contribution in [2.24, 2.45) is 0 Å². The minimum absolute atomic E-state index is 0.709. The Hall–Kier alpha value is -2.55. The molecule has 0 bridgehead atoms. The van der Waals surface area contributed by atoms with Gasteiger partial charge >= 0.3 is 0 Å². The van der Waals surface area contributed by atoms with Crippen LogP contribution in [0.2, 0.25) is 0 Å². The number of hydrogen-bond acceptors (Lipinski definition) is 3. The third-order valence-corrected chi connectivity index (χ3v) is 3.28. The third kappa shape index (κ3) is 1.99. The highest BCUT2D eigenvalue weighted by molar-refractivity contribution is 5.99. The molecule has 0 aliphatic rings. The molecule has 0 amide bonds. The standard InChI is InChI=1S/C16H15N3/c1-19(12-6-3-2-4-7-12)15-10-9-14(17)16-13(15)8-5-11-18-16/h2-11H,17H2,1H3. The van der Waals surface area contributed by atoms with Crippen LogP contribution in [0.3, 0.4) is 0 Å². The fourth-order valence-corrected chi connectivity index (χ4v) is 2.26. The summed E-state index contributed by atoms with van der Waals surface area (Å²) in [6.07, 6.45) is 1.77. The van der Waals surface area contributed by atoms with Gasteiger partial charge in [0.25, 0.3) is 0 Å². The molecule has 2 aromatic carbocycles. The van der Waals surface area contributed by atoms with E-state index < -0.39 is 0 Å². The number of nitrogen functional groups attached to an aromatic ring is 1. The highest BCUT2D eigenvalue weighted by Gasteiger charge is 2.09. The van der Waals surface area contributed by atoms with E-state index in [-0.39, 0.29) is 0 Å². The monoisotopic (exact) mass is 249 g/mol. The first kappa shape index (κ1) is 11.5. The van der Waals surface area contributed by atoms with Gasteiger partial charge in [-0.05, 0) is 36.4 Å². The summed E-state index contributed by atoms with van der Waals surface area (Å²) in [6, 6.07) is 18.2. The molecule has 3 aromatic rings. The van der Waals surface area contributed by atoms with Crippen LogP contribution in [0.25, 0.3) is 10.9 Å². The number of rotatable bonds is 2. The van der Waals surface area contributed by atoms with Gasteiger partial charge in [-0.1, -0.05) is 18.2 Å². The Morgan fingerprint density at radius 2 is 1.74 bits per heavy atom. The quantitative estimate of drug-likeness (QED) is 0.706. The number of benzene rings is 2. The normalized spacial score (nSPS) is 10.6. The lowest BCUT2D eigenvalue weighted by molar-refractivity contribution is 1.22. The second-order valence-electron chi connectivity index (χ2n) is 4.47. The van der Waals surface area contributed by atoms with Crippen molar-refractivity contribution in [1.29, 1.82) is 0 Å². The minimum atomic E-state index is 0.709. The molecule has 2 N–H and O–H groups in total. The molecule has 0 aliphatic carbocycles. The first-order valence-electron chi connectivity index (χ1n) is 6.19. The van der Waals surface area contributed by atoms with Gasteiger partial charge in [0.05, 0.1) is 16.9 Å². The maximum atomic E-state index is 5.98. The van der Waals surface area contributed by atoms with E-state index in [4.69, 9.17) is 5.73 Å². The van der Waals surface area contributed by atoms with E-state index in [2.05, 4.69) is 22.0 Å². The van der Waals surface area contributed by atoms with Gasteiger partial charge in [0.15, 0.2) is 0 Å². The number of anilines is 3. The van der Waals surface area contributed by atoms with Crippen LogP contribution in [-0.2, 0) is 0 Å². The van der Waals surface area contributed by atoms with Crippen LogP contribution in [0.5, 0.6) is 0 Å². The van der Waals surface area contributed by atoms with Crippen molar-refractivity contribution in [3.63, 3.8) is 0 Å². The molecule has 0 saturated carbocycles. The zero-order valence-corrected chi connectivity index (χ0v) is 10.7. The van der Waals surface area contributed by atoms with Crippen molar-refractivity contribution in [3.05, 3.63) is 60.8 Å². The lowest BCUT2D eigenvalue weighted by Crippen LogP contribution is -2.10. The molecule has 0 unspecified atom stereocenters. The van der Waals surface area contributed by atoms with Gasteiger partial charge in [-0.2, -0.15) is 0 Å². The number of para-hydroxylation sites is 1. The molecule has 3 nitrogen and oxygen atoms in total. The Morgan fingerprint density at radius 3 is 2.53 bits per heavy atom. The highest BCUT2D eigenvalue weighted by Crippen LogP contribution is 2.32. The molecule has 0 aliphatic heterocycles. The molecule has 19 heavy (non-hydrogen) atoms. The van der Waals surface area contributed by atoms with Crippen LogP contribution in [0, 0.1) is 0 Å². The molecular formula is C16H15N3. The van der Waals surface area contributed by atoms with E-state index >= 15 is 0 Å². The van der Waals surface area contributed by atoms with Crippen molar-refractivity contribution >= 4 is 28.0 Å². The Bertz CT molecular complexity index is 708. The van der Waals surface area contributed by atoms with Crippen LogP contribution in [-0.4, -0.2) is 12.0 Å². The molecule has 0 radical (unpaired) electrons. The largest absolute Gasteiger partial charge is 0.397 e. The van der Waals surface area contributed by atoms with Crippen molar-refractivity contribution in [2.75, 3.05) is 17.7 Å². The Labute approximate surface area is 112 Å². The minimum Gasteiger partial charge on any atom is -0.397 e. The lowest BCUT2D eigenvalue weighted by atomic mass is 10.1. The Balaban J connectivity index is 2.18. The van der Waals surface area contributed by atoms with E-state index in [9.17, 15) is 0 Å². The first-order valence-corrected chi connectivity index (χ1v) is 6.19. The molecule has 1 aromatic heterocycles. The number of nitrogens with zero attached hydrogens (tertiary/aromatic N) is 2. The van der Waals surface area contributed by atoms with E-state index in [1.54, 1.807) is 6.20 Å². The average molecular weight is 249 g/mol. The van der Waals surface area contributed by atoms with Gasteiger partial charge < -0.3 is 10.6 Å². The summed E-state index contributed by atoms with van der Waals surface area (Å²) in [7, 11) is 2.05. The zero-order valence-electron chi connectivity index (χ0n) is 10.7. The zero-order chi connectivity index (χ0) is 13.2. The van der Waals surface area contributed by atoms with Crippen LogP contribution in [0.15, 0.2) is 60.8 Å². The third-order valence-electron chi connectivity index (χ3n) is 3.28. The van der Waals surface area contributed by atoms with Crippen LogP contribution in [0.4, 0.5) is 17.1 Å². The van der Waals surface area contributed by atoms with Crippen LogP contribution in [0.1, 0.15) is 0 Å². The SMILES string of the molecule is CN(c1ccccc1)c1ccc(N)c2ncccc12. The summed E-state index contributed by atoms with van der Waals surface area (Å²) in [4.78, 5) is 6.51.